The molecular weight excluding hydrogens is 470 g/mol. The molecule has 4 aromatic rings. The fourth-order valence-corrected chi connectivity index (χ4v) is 5.03. The second-order valence-corrected chi connectivity index (χ2v) is 9.92. The molecule has 7 nitrogen and oxygen atoms in total. The molecular formula is C31H35N7. The van der Waals surface area contributed by atoms with Crippen molar-refractivity contribution in [2.24, 2.45) is 0 Å². The Hall–Kier alpha value is -3.99. The minimum Gasteiger partial charge on any atom is -0.361 e. The molecule has 3 N–H and O–H groups in total. The van der Waals surface area contributed by atoms with Crippen molar-refractivity contribution in [2.75, 3.05) is 31.5 Å². The molecule has 1 fully saturated rings. The van der Waals surface area contributed by atoms with E-state index in [-0.39, 0.29) is 0 Å². The van der Waals surface area contributed by atoms with Crippen molar-refractivity contribution in [1.29, 1.82) is 5.26 Å². The van der Waals surface area contributed by atoms with Gasteiger partial charge in [-0.1, -0.05) is 18.9 Å². The summed E-state index contributed by atoms with van der Waals surface area (Å²) < 4.78 is 0. The number of hydrogen-bond acceptors (Lipinski definition) is 6. The van der Waals surface area contributed by atoms with E-state index >= 15 is 0 Å². The van der Waals surface area contributed by atoms with Gasteiger partial charge in [-0.2, -0.15) is 5.26 Å². The van der Waals surface area contributed by atoms with Gasteiger partial charge in [0.05, 0.1) is 16.9 Å². The van der Waals surface area contributed by atoms with Gasteiger partial charge in [-0.3, -0.25) is 9.97 Å². The van der Waals surface area contributed by atoms with Crippen LogP contribution in [-0.2, 0) is 6.54 Å². The number of H-pyrrole nitrogens is 1. The van der Waals surface area contributed by atoms with Crippen LogP contribution in [-0.4, -0.2) is 46.0 Å². The molecule has 3 aromatic heterocycles. The standard InChI is InChI=1S/C31H35N7/c1-23-28-12-13-35-30(28)11-10-29(23)37-31-25(21-34-22-26(31)18-32)7-9-27-8-6-24(20-36-27)19-33-14-17-38-15-4-2-3-5-16-38/h6-13,20-22,33,35H,2-5,14-17,19H2,1H3,(H,34,37)/b9-7+. The summed E-state index contributed by atoms with van der Waals surface area (Å²) in [6, 6.07) is 12.6. The third kappa shape index (κ3) is 6.28. The van der Waals surface area contributed by atoms with E-state index in [1.165, 1.54) is 44.3 Å². The van der Waals surface area contributed by atoms with Crippen LogP contribution in [0.5, 0.6) is 0 Å². The quantitative estimate of drug-likeness (QED) is 0.241. The van der Waals surface area contributed by atoms with E-state index in [0.717, 1.165) is 58.7 Å². The lowest BCUT2D eigenvalue weighted by molar-refractivity contribution is 0.284. The van der Waals surface area contributed by atoms with Crippen LogP contribution in [0.3, 0.4) is 0 Å². The number of pyridine rings is 2. The number of nitriles is 1. The van der Waals surface area contributed by atoms with E-state index < -0.39 is 0 Å². The van der Waals surface area contributed by atoms with Gasteiger partial charge in [0.15, 0.2) is 0 Å². The summed E-state index contributed by atoms with van der Waals surface area (Å²) in [6.07, 6.45) is 16.6. The molecule has 4 heterocycles. The number of nitrogens with one attached hydrogen (secondary N) is 3. The maximum Gasteiger partial charge on any atom is 0.103 e. The molecule has 1 aliphatic rings. The van der Waals surface area contributed by atoms with E-state index in [2.05, 4.69) is 55.6 Å². The second kappa shape index (κ2) is 12.5. The van der Waals surface area contributed by atoms with E-state index in [9.17, 15) is 5.26 Å². The third-order valence-electron chi connectivity index (χ3n) is 7.27. The predicted molar refractivity (Wildman–Crippen MR) is 155 cm³/mol. The lowest BCUT2D eigenvalue weighted by atomic mass is 10.1. The number of fused-ring (bicyclic) bond motifs is 1. The number of hydrogen-bond donors (Lipinski definition) is 3. The van der Waals surface area contributed by atoms with Gasteiger partial charge in [0.2, 0.25) is 0 Å². The van der Waals surface area contributed by atoms with E-state index in [4.69, 9.17) is 0 Å². The van der Waals surface area contributed by atoms with Gasteiger partial charge in [-0.05, 0) is 80.4 Å². The highest BCUT2D eigenvalue weighted by Gasteiger charge is 2.11. The second-order valence-electron chi connectivity index (χ2n) is 9.92. The Morgan fingerprint density at radius 1 is 1.03 bits per heavy atom. The first-order chi connectivity index (χ1) is 18.7. The average Bonchev–Trinajstić information content (AvgIpc) is 3.29. The summed E-state index contributed by atoms with van der Waals surface area (Å²) in [5.74, 6) is 0. The summed E-state index contributed by atoms with van der Waals surface area (Å²) in [4.78, 5) is 14.7. The van der Waals surface area contributed by atoms with E-state index in [1.807, 2.05) is 42.7 Å². The molecule has 5 rings (SSSR count). The van der Waals surface area contributed by atoms with Crippen LogP contribution in [0.2, 0.25) is 0 Å². The zero-order valence-electron chi connectivity index (χ0n) is 22.0. The Labute approximate surface area is 224 Å². The number of aromatic amines is 1. The first-order valence-electron chi connectivity index (χ1n) is 13.5. The highest BCUT2D eigenvalue weighted by molar-refractivity contribution is 5.90. The number of nitrogens with zero attached hydrogens (tertiary/aromatic N) is 4. The Kier molecular flexibility index (Phi) is 8.44. The van der Waals surface area contributed by atoms with Gasteiger partial charge >= 0.3 is 0 Å². The minimum atomic E-state index is 0.496. The van der Waals surface area contributed by atoms with Gasteiger partial charge in [0.25, 0.3) is 0 Å². The Bertz CT molecular complexity index is 1420. The minimum absolute atomic E-state index is 0.496. The zero-order chi connectivity index (χ0) is 26.2. The first kappa shape index (κ1) is 25.7. The highest BCUT2D eigenvalue weighted by atomic mass is 15.1. The number of aryl methyl sites for hydroxylation is 1. The summed E-state index contributed by atoms with van der Waals surface area (Å²) in [6.45, 7) is 7.47. The Balaban J connectivity index is 1.23. The SMILES string of the molecule is Cc1c(Nc2c(C#N)cncc2/C=C/c2ccc(CNCCN3CCCCCC3)cn2)ccc2[nH]ccc12. The van der Waals surface area contributed by atoms with E-state index in [0.29, 0.717) is 5.56 Å². The van der Waals surface area contributed by atoms with Crippen molar-refractivity contribution in [3.05, 3.63) is 83.1 Å². The lowest BCUT2D eigenvalue weighted by Crippen LogP contribution is -2.32. The molecule has 38 heavy (non-hydrogen) atoms. The van der Waals surface area contributed by atoms with Gasteiger partial charge in [-0.25, -0.2) is 0 Å². The van der Waals surface area contributed by atoms with Crippen LogP contribution in [0.15, 0.2) is 55.1 Å². The molecule has 0 saturated carbocycles. The van der Waals surface area contributed by atoms with Crippen LogP contribution in [0.1, 0.15) is 53.6 Å². The van der Waals surface area contributed by atoms with Crippen LogP contribution in [0.25, 0.3) is 23.1 Å². The number of aromatic nitrogens is 3. The average molecular weight is 506 g/mol. The third-order valence-corrected chi connectivity index (χ3v) is 7.27. The fraction of sp³-hybridized carbons (Fsp3) is 0.323. The molecule has 1 aromatic carbocycles. The number of rotatable bonds is 9. The molecule has 7 heteroatoms. The normalized spacial score (nSPS) is 14.5. The molecule has 0 amide bonds. The van der Waals surface area contributed by atoms with Crippen molar-refractivity contribution >= 4 is 34.4 Å². The number of anilines is 2. The molecule has 0 radical (unpaired) electrons. The van der Waals surface area contributed by atoms with Gasteiger partial charge in [0, 0.05) is 66.6 Å². The van der Waals surface area contributed by atoms with Crippen LogP contribution in [0.4, 0.5) is 11.4 Å². The summed E-state index contributed by atoms with van der Waals surface area (Å²) >= 11 is 0. The zero-order valence-corrected chi connectivity index (χ0v) is 22.0. The van der Waals surface area contributed by atoms with Gasteiger partial charge < -0.3 is 20.5 Å². The van der Waals surface area contributed by atoms with E-state index in [1.54, 1.807) is 12.4 Å². The van der Waals surface area contributed by atoms with Crippen molar-refractivity contribution in [1.82, 2.24) is 25.2 Å². The molecule has 194 valence electrons. The molecule has 0 spiro atoms. The molecule has 1 saturated heterocycles. The topological polar surface area (TPSA) is 92.7 Å². The first-order valence-corrected chi connectivity index (χ1v) is 13.5. The van der Waals surface area contributed by atoms with Crippen molar-refractivity contribution in [2.45, 2.75) is 39.2 Å². The lowest BCUT2D eigenvalue weighted by Gasteiger charge is -2.19. The van der Waals surface area contributed by atoms with Crippen molar-refractivity contribution in [3.63, 3.8) is 0 Å². The predicted octanol–water partition coefficient (Wildman–Crippen LogP) is 6.02. The molecule has 0 aliphatic carbocycles. The van der Waals surface area contributed by atoms with Crippen LogP contribution < -0.4 is 10.6 Å². The van der Waals surface area contributed by atoms with Crippen molar-refractivity contribution < 1.29 is 0 Å². The Morgan fingerprint density at radius 2 is 1.89 bits per heavy atom. The van der Waals surface area contributed by atoms with Gasteiger partial charge in [-0.15, -0.1) is 0 Å². The Morgan fingerprint density at radius 3 is 2.68 bits per heavy atom. The molecule has 1 aliphatic heterocycles. The number of likely N-dealkylation sites (tertiary alicyclic amines) is 1. The monoisotopic (exact) mass is 505 g/mol. The summed E-state index contributed by atoms with van der Waals surface area (Å²) in [7, 11) is 0. The van der Waals surface area contributed by atoms with Gasteiger partial charge in [0.1, 0.15) is 6.07 Å². The summed E-state index contributed by atoms with van der Waals surface area (Å²) in [5.41, 5.74) is 7.26. The fourth-order valence-electron chi connectivity index (χ4n) is 5.03. The molecule has 0 atom stereocenters. The maximum atomic E-state index is 9.74. The largest absolute Gasteiger partial charge is 0.361 e. The number of benzene rings is 1. The smallest absolute Gasteiger partial charge is 0.103 e. The van der Waals surface area contributed by atoms with Crippen LogP contribution in [0, 0.1) is 18.3 Å². The summed E-state index contributed by atoms with van der Waals surface area (Å²) in [5, 5.41) is 17.9. The molecule has 0 unspecified atom stereocenters. The van der Waals surface area contributed by atoms with Crippen LogP contribution >= 0.6 is 0 Å². The molecule has 0 bridgehead atoms. The highest BCUT2D eigenvalue weighted by Crippen LogP contribution is 2.31. The van der Waals surface area contributed by atoms with Crippen molar-refractivity contribution in [3.8, 4) is 6.07 Å². The maximum absolute atomic E-state index is 9.74.